The van der Waals surface area contributed by atoms with Crippen molar-refractivity contribution < 1.29 is 13.2 Å². The first-order chi connectivity index (χ1) is 10.9. The van der Waals surface area contributed by atoms with Crippen molar-refractivity contribution in [1.82, 2.24) is 8.61 Å². The Bertz CT molecular complexity index is 704. The number of benzene rings is 1. The molecule has 0 saturated carbocycles. The monoisotopic (exact) mass is 337 g/mol. The molecule has 2 aliphatic heterocycles. The molecule has 3 rings (SSSR count). The Labute approximate surface area is 137 Å². The zero-order chi connectivity index (χ0) is 16.6. The number of piperidine rings is 1. The Morgan fingerprint density at radius 2 is 1.87 bits per heavy atom. The van der Waals surface area contributed by atoms with Gasteiger partial charge in [-0.1, -0.05) is 30.7 Å². The number of hydrogen-bond acceptors (Lipinski definition) is 3. The first kappa shape index (κ1) is 16.4. The van der Waals surface area contributed by atoms with E-state index in [0.29, 0.717) is 13.0 Å². The molecular weight excluding hydrogens is 314 g/mol. The lowest BCUT2D eigenvalue weighted by Crippen LogP contribution is -2.57. The SMILES string of the molecule is C[C@@H]1CCCCN1S(=O)(=O)N1Cc2ccccc2C[C@H]1C(N)=O. The zero-order valence-corrected chi connectivity index (χ0v) is 14.1. The molecule has 2 aliphatic rings. The van der Waals surface area contributed by atoms with Crippen LogP contribution in [0.2, 0.25) is 0 Å². The van der Waals surface area contributed by atoms with Gasteiger partial charge in [0.1, 0.15) is 6.04 Å². The van der Waals surface area contributed by atoms with E-state index in [2.05, 4.69) is 0 Å². The molecule has 0 radical (unpaired) electrons. The first-order valence-electron chi connectivity index (χ1n) is 8.06. The number of nitrogens with zero attached hydrogens (tertiary/aromatic N) is 2. The fourth-order valence-corrected chi connectivity index (χ4v) is 5.52. The third-order valence-electron chi connectivity index (χ3n) is 4.87. The van der Waals surface area contributed by atoms with Crippen molar-refractivity contribution in [2.24, 2.45) is 5.73 Å². The summed E-state index contributed by atoms with van der Waals surface area (Å²) in [7, 11) is -3.71. The first-order valence-corrected chi connectivity index (χ1v) is 9.45. The Kier molecular flexibility index (Phi) is 4.44. The average molecular weight is 337 g/mol. The van der Waals surface area contributed by atoms with E-state index >= 15 is 0 Å². The zero-order valence-electron chi connectivity index (χ0n) is 13.3. The van der Waals surface area contributed by atoms with Gasteiger partial charge >= 0.3 is 0 Å². The maximum atomic E-state index is 13.1. The summed E-state index contributed by atoms with van der Waals surface area (Å²) in [6, 6.07) is 6.77. The van der Waals surface area contributed by atoms with Gasteiger partial charge in [0, 0.05) is 19.1 Å². The number of hydrogen-bond donors (Lipinski definition) is 1. The van der Waals surface area contributed by atoms with Crippen LogP contribution in [0.3, 0.4) is 0 Å². The summed E-state index contributed by atoms with van der Waals surface area (Å²) >= 11 is 0. The molecule has 23 heavy (non-hydrogen) atoms. The molecule has 6 nitrogen and oxygen atoms in total. The van der Waals surface area contributed by atoms with E-state index in [-0.39, 0.29) is 12.6 Å². The Balaban J connectivity index is 1.97. The van der Waals surface area contributed by atoms with Crippen molar-refractivity contribution in [2.45, 2.75) is 51.2 Å². The van der Waals surface area contributed by atoms with Crippen LogP contribution in [-0.2, 0) is 28.0 Å². The van der Waals surface area contributed by atoms with Crippen LogP contribution in [0.5, 0.6) is 0 Å². The van der Waals surface area contributed by atoms with Gasteiger partial charge in [0.15, 0.2) is 0 Å². The van der Waals surface area contributed by atoms with Crippen LogP contribution in [-0.4, -0.2) is 41.6 Å². The fourth-order valence-electron chi connectivity index (χ4n) is 3.53. The molecule has 1 saturated heterocycles. The Hall–Kier alpha value is -1.44. The van der Waals surface area contributed by atoms with Crippen molar-refractivity contribution in [2.75, 3.05) is 6.54 Å². The molecule has 2 N–H and O–H groups in total. The lowest BCUT2D eigenvalue weighted by atomic mass is 9.96. The van der Waals surface area contributed by atoms with Crippen molar-refractivity contribution in [1.29, 1.82) is 0 Å². The van der Waals surface area contributed by atoms with Gasteiger partial charge in [0.05, 0.1) is 0 Å². The largest absolute Gasteiger partial charge is 0.368 e. The van der Waals surface area contributed by atoms with E-state index in [9.17, 15) is 13.2 Å². The third kappa shape index (κ3) is 3.00. The summed E-state index contributed by atoms with van der Waals surface area (Å²) in [5, 5.41) is 0. The van der Waals surface area contributed by atoms with E-state index in [1.165, 1.54) is 8.61 Å². The van der Waals surface area contributed by atoms with Crippen LogP contribution >= 0.6 is 0 Å². The molecule has 1 fully saturated rings. The molecule has 1 aromatic rings. The summed E-state index contributed by atoms with van der Waals surface area (Å²) in [6.07, 6.45) is 3.09. The fraction of sp³-hybridized carbons (Fsp3) is 0.562. The van der Waals surface area contributed by atoms with Crippen molar-refractivity contribution >= 4 is 16.1 Å². The smallest absolute Gasteiger partial charge is 0.283 e. The number of fused-ring (bicyclic) bond motifs is 1. The number of amides is 1. The third-order valence-corrected chi connectivity index (χ3v) is 6.98. The van der Waals surface area contributed by atoms with Crippen molar-refractivity contribution in [3.8, 4) is 0 Å². The maximum absolute atomic E-state index is 13.1. The molecular formula is C16H23N3O3S. The number of primary amides is 1. The standard InChI is InChI=1S/C16H23N3O3S/c1-12-6-4-5-9-18(12)23(21,22)19-11-14-8-3-2-7-13(14)10-15(19)16(17)20/h2-3,7-8,12,15H,4-6,9-11H2,1H3,(H2,17,20)/t12-,15+/m1/s1. The second-order valence-corrected chi connectivity index (χ2v) is 8.23. The highest BCUT2D eigenvalue weighted by Crippen LogP contribution is 2.30. The summed E-state index contributed by atoms with van der Waals surface area (Å²) < 4.78 is 29.1. The van der Waals surface area contributed by atoms with Crippen LogP contribution in [0.15, 0.2) is 24.3 Å². The van der Waals surface area contributed by atoms with Gasteiger partial charge in [-0.25, -0.2) is 0 Å². The van der Waals surface area contributed by atoms with E-state index in [4.69, 9.17) is 5.73 Å². The lowest BCUT2D eigenvalue weighted by Gasteiger charge is -2.40. The van der Waals surface area contributed by atoms with Crippen LogP contribution in [0, 0.1) is 0 Å². The summed E-state index contributed by atoms with van der Waals surface area (Å²) in [4.78, 5) is 11.9. The van der Waals surface area contributed by atoms with E-state index in [0.717, 1.165) is 30.4 Å². The van der Waals surface area contributed by atoms with Gasteiger partial charge in [-0.3, -0.25) is 4.79 Å². The van der Waals surface area contributed by atoms with Gasteiger partial charge in [0.2, 0.25) is 5.91 Å². The normalized spacial score (nSPS) is 26.7. The average Bonchev–Trinajstić information content (AvgIpc) is 2.53. The highest BCUT2D eigenvalue weighted by atomic mass is 32.2. The van der Waals surface area contributed by atoms with Gasteiger partial charge < -0.3 is 5.73 Å². The summed E-state index contributed by atoms with van der Waals surface area (Å²) in [6.45, 7) is 2.64. The molecule has 2 atom stereocenters. The number of nitrogens with two attached hydrogens (primary N) is 1. The molecule has 0 aliphatic carbocycles. The van der Waals surface area contributed by atoms with Crippen LogP contribution in [0.25, 0.3) is 0 Å². The minimum absolute atomic E-state index is 0.0422. The molecule has 1 aromatic carbocycles. The molecule has 0 aromatic heterocycles. The Morgan fingerprint density at radius 1 is 1.17 bits per heavy atom. The van der Waals surface area contributed by atoms with E-state index in [1.54, 1.807) is 0 Å². The summed E-state index contributed by atoms with van der Waals surface area (Å²) in [5.74, 6) is -0.590. The molecule has 0 spiro atoms. The number of rotatable bonds is 3. The van der Waals surface area contributed by atoms with E-state index < -0.39 is 22.2 Å². The lowest BCUT2D eigenvalue weighted by molar-refractivity contribution is -0.122. The Morgan fingerprint density at radius 3 is 2.52 bits per heavy atom. The van der Waals surface area contributed by atoms with Gasteiger partial charge in [-0.15, -0.1) is 0 Å². The van der Waals surface area contributed by atoms with Gasteiger partial charge in [-0.05, 0) is 37.3 Å². The van der Waals surface area contributed by atoms with Gasteiger partial charge in [-0.2, -0.15) is 17.0 Å². The second kappa shape index (κ2) is 6.22. The molecule has 1 amide bonds. The maximum Gasteiger partial charge on any atom is 0.283 e. The minimum atomic E-state index is -3.71. The van der Waals surface area contributed by atoms with Crippen molar-refractivity contribution in [3.05, 3.63) is 35.4 Å². The predicted octanol–water partition coefficient (Wildman–Crippen LogP) is 1.02. The second-order valence-electron chi connectivity index (χ2n) is 6.40. The van der Waals surface area contributed by atoms with Crippen LogP contribution < -0.4 is 5.73 Å². The van der Waals surface area contributed by atoms with E-state index in [1.807, 2.05) is 31.2 Å². The quantitative estimate of drug-likeness (QED) is 0.894. The van der Waals surface area contributed by atoms with Crippen molar-refractivity contribution in [3.63, 3.8) is 0 Å². The van der Waals surface area contributed by atoms with Crippen LogP contribution in [0.4, 0.5) is 0 Å². The highest BCUT2D eigenvalue weighted by Gasteiger charge is 2.42. The number of carbonyl (C=O) groups is 1. The molecule has 7 heteroatoms. The number of carbonyl (C=O) groups excluding carboxylic acids is 1. The van der Waals surface area contributed by atoms with Crippen LogP contribution in [0.1, 0.15) is 37.3 Å². The molecule has 2 heterocycles. The molecule has 0 unspecified atom stereocenters. The highest BCUT2D eigenvalue weighted by molar-refractivity contribution is 7.86. The van der Waals surface area contributed by atoms with Gasteiger partial charge in [0.25, 0.3) is 10.2 Å². The topological polar surface area (TPSA) is 83.7 Å². The molecule has 126 valence electrons. The predicted molar refractivity (Wildman–Crippen MR) is 87.6 cm³/mol. The molecule has 0 bridgehead atoms. The summed E-state index contributed by atoms with van der Waals surface area (Å²) in [5.41, 5.74) is 7.45. The minimum Gasteiger partial charge on any atom is -0.368 e.